The Labute approximate surface area is 94.3 Å². The van der Waals surface area contributed by atoms with Gasteiger partial charge in [-0.1, -0.05) is 13.3 Å². The smallest absolute Gasteiger partial charge is 0.251 e. The highest BCUT2D eigenvalue weighted by atomic mass is 16.3. The molecule has 0 aliphatic carbocycles. The number of unbranched alkanes of at least 4 members (excludes halogenated alkanes) is 1. The van der Waals surface area contributed by atoms with Crippen molar-refractivity contribution in [2.24, 2.45) is 0 Å². The van der Waals surface area contributed by atoms with Gasteiger partial charge in [0.1, 0.15) is 5.75 Å². The molecule has 0 heterocycles. The van der Waals surface area contributed by atoms with E-state index in [1.54, 1.807) is 0 Å². The molecule has 86 valence electrons. The van der Waals surface area contributed by atoms with Gasteiger partial charge in [0.25, 0.3) is 5.91 Å². The summed E-state index contributed by atoms with van der Waals surface area (Å²) in [6.45, 7) is 2.66. The number of carbonyl (C=O) groups excluding carboxylic acids is 2. The molecule has 1 aromatic carbocycles. The number of phenols is 1. The summed E-state index contributed by atoms with van der Waals surface area (Å²) in [5.74, 6) is -0.336. The van der Waals surface area contributed by atoms with Gasteiger partial charge in [-0.2, -0.15) is 0 Å². The Morgan fingerprint density at radius 2 is 2.25 bits per heavy atom. The molecule has 16 heavy (non-hydrogen) atoms. The lowest BCUT2D eigenvalue weighted by molar-refractivity contribution is 0.0953. The maximum atomic E-state index is 11.6. The number of rotatable bonds is 5. The van der Waals surface area contributed by atoms with Crippen LogP contribution in [0.2, 0.25) is 0 Å². The summed E-state index contributed by atoms with van der Waals surface area (Å²) in [6, 6.07) is 4.21. The lowest BCUT2D eigenvalue weighted by Crippen LogP contribution is -2.24. The average Bonchev–Trinajstić information content (AvgIpc) is 2.30. The van der Waals surface area contributed by atoms with Crippen molar-refractivity contribution in [1.29, 1.82) is 0 Å². The third-order valence-electron chi connectivity index (χ3n) is 2.23. The minimum absolute atomic E-state index is 0.111. The van der Waals surface area contributed by atoms with Gasteiger partial charge < -0.3 is 10.4 Å². The minimum atomic E-state index is -0.225. The molecule has 0 saturated carbocycles. The fourth-order valence-corrected chi connectivity index (χ4v) is 1.27. The van der Waals surface area contributed by atoms with E-state index in [2.05, 4.69) is 5.32 Å². The first-order chi connectivity index (χ1) is 7.69. The Kier molecular flexibility index (Phi) is 4.51. The predicted molar refractivity (Wildman–Crippen MR) is 60.7 cm³/mol. The molecule has 0 radical (unpaired) electrons. The van der Waals surface area contributed by atoms with Crippen molar-refractivity contribution in [2.75, 3.05) is 6.54 Å². The van der Waals surface area contributed by atoms with Crippen molar-refractivity contribution in [3.63, 3.8) is 0 Å². The van der Waals surface area contributed by atoms with Gasteiger partial charge in [-0.15, -0.1) is 0 Å². The molecule has 0 fully saturated rings. The summed E-state index contributed by atoms with van der Waals surface area (Å²) in [6.07, 6.45) is 2.46. The van der Waals surface area contributed by atoms with Crippen molar-refractivity contribution < 1.29 is 14.7 Å². The van der Waals surface area contributed by atoms with E-state index in [4.69, 9.17) is 0 Å². The van der Waals surface area contributed by atoms with Crippen molar-refractivity contribution in [3.8, 4) is 5.75 Å². The van der Waals surface area contributed by atoms with Gasteiger partial charge in [-0.05, 0) is 24.6 Å². The van der Waals surface area contributed by atoms with Gasteiger partial charge >= 0.3 is 0 Å². The molecule has 0 unspecified atom stereocenters. The minimum Gasteiger partial charge on any atom is -0.507 e. The second-order valence-corrected chi connectivity index (χ2v) is 3.50. The molecule has 1 aromatic rings. The first kappa shape index (κ1) is 12.2. The predicted octanol–water partition coefficient (Wildman–Crippen LogP) is 1.73. The molecule has 0 aliphatic heterocycles. The molecule has 0 aromatic heterocycles. The molecule has 0 bridgehead atoms. The zero-order chi connectivity index (χ0) is 12.0. The van der Waals surface area contributed by atoms with Crippen LogP contribution in [-0.4, -0.2) is 23.8 Å². The summed E-state index contributed by atoms with van der Waals surface area (Å²) in [7, 11) is 0. The first-order valence-corrected chi connectivity index (χ1v) is 5.25. The lowest BCUT2D eigenvalue weighted by Gasteiger charge is -2.05. The van der Waals surface area contributed by atoms with Gasteiger partial charge in [0.05, 0.1) is 5.56 Å². The molecule has 0 atom stereocenters. The van der Waals surface area contributed by atoms with E-state index in [0.29, 0.717) is 18.4 Å². The second kappa shape index (κ2) is 5.90. The van der Waals surface area contributed by atoms with Gasteiger partial charge in [-0.25, -0.2) is 0 Å². The summed E-state index contributed by atoms with van der Waals surface area (Å²) >= 11 is 0. The highest BCUT2D eigenvalue weighted by molar-refractivity contribution is 5.96. The van der Waals surface area contributed by atoms with Crippen LogP contribution in [0.15, 0.2) is 18.2 Å². The van der Waals surface area contributed by atoms with Gasteiger partial charge in [0.2, 0.25) is 0 Å². The molecule has 1 amide bonds. The van der Waals surface area contributed by atoms with Crippen LogP contribution >= 0.6 is 0 Å². The molecular formula is C12H15NO3. The molecule has 0 aliphatic rings. The maximum absolute atomic E-state index is 11.6. The monoisotopic (exact) mass is 221 g/mol. The Hall–Kier alpha value is -1.84. The summed E-state index contributed by atoms with van der Waals surface area (Å²) < 4.78 is 0. The fraction of sp³-hybridized carbons (Fsp3) is 0.333. The largest absolute Gasteiger partial charge is 0.507 e. The Morgan fingerprint density at radius 1 is 1.50 bits per heavy atom. The second-order valence-electron chi connectivity index (χ2n) is 3.50. The van der Waals surface area contributed by atoms with Crippen LogP contribution < -0.4 is 5.32 Å². The average molecular weight is 221 g/mol. The van der Waals surface area contributed by atoms with E-state index in [9.17, 15) is 14.7 Å². The number of hydrogen-bond donors (Lipinski definition) is 2. The maximum Gasteiger partial charge on any atom is 0.251 e. The standard InChI is InChI=1S/C12H15NO3/c1-2-3-6-13-12(16)9-4-5-11(15)10(7-9)8-14/h4-5,7-8,15H,2-3,6H2,1H3,(H,13,16). The normalized spacial score (nSPS) is 9.81. The van der Waals surface area contributed by atoms with Crippen LogP contribution in [-0.2, 0) is 0 Å². The van der Waals surface area contributed by atoms with Crippen molar-refractivity contribution in [1.82, 2.24) is 5.32 Å². The Balaban J connectivity index is 2.72. The molecule has 2 N–H and O–H groups in total. The van der Waals surface area contributed by atoms with Crippen LogP contribution in [0.25, 0.3) is 0 Å². The highest BCUT2D eigenvalue weighted by Gasteiger charge is 2.07. The van der Waals surface area contributed by atoms with Crippen molar-refractivity contribution >= 4 is 12.2 Å². The van der Waals surface area contributed by atoms with Crippen LogP contribution in [0.3, 0.4) is 0 Å². The molecule has 1 rings (SSSR count). The number of phenolic OH excluding ortho intramolecular Hbond substituents is 1. The molecule has 4 heteroatoms. The van der Waals surface area contributed by atoms with Crippen molar-refractivity contribution in [3.05, 3.63) is 29.3 Å². The number of benzene rings is 1. The summed E-state index contributed by atoms with van der Waals surface area (Å²) in [5, 5.41) is 12.0. The van der Waals surface area contributed by atoms with Crippen molar-refractivity contribution in [2.45, 2.75) is 19.8 Å². The van der Waals surface area contributed by atoms with E-state index >= 15 is 0 Å². The zero-order valence-corrected chi connectivity index (χ0v) is 9.19. The molecule has 0 spiro atoms. The molecule has 4 nitrogen and oxygen atoms in total. The van der Waals surface area contributed by atoms with Gasteiger partial charge in [-0.3, -0.25) is 9.59 Å². The lowest BCUT2D eigenvalue weighted by atomic mass is 10.1. The number of hydrogen-bond acceptors (Lipinski definition) is 3. The molecule has 0 saturated heterocycles. The van der Waals surface area contributed by atoms with E-state index in [1.807, 2.05) is 6.92 Å². The van der Waals surface area contributed by atoms with Crippen LogP contribution in [0, 0.1) is 0 Å². The van der Waals surface area contributed by atoms with Gasteiger partial charge in [0.15, 0.2) is 6.29 Å². The number of nitrogens with one attached hydrogen (secondary N) is 1. The van der Waals surface area contributed by atoms with Crippen LogP contribution in [0.5, 0.6) is 5.75 Å². The quantitative estimate of drug-likeness (QED) is 0.588. The van der Waals surface area contributed by atoms with E-state index in [0.717, 1.165) is 12.8 Å². The number of carbonyl (C=O) groups is 2. The Bertz CT molecular complexity index is 388. The van der Waals surface area contributed by atoms with Crippen LogP contribution in [0.1, 0.15) is 40.5 Å². The third kappa shape index (κ3) is 3.08. The number of aromatic hydroxyl groups is 1. The van der Waals surface area contributed by atoms with E-state index in [1.165, 1.54) is 18.2 Å². The van der Waals surface area contributed by atoms with Crippen LogP contribution in [0.4, 0.5) is 0 Å². The number of aldehydes is 1. The van der Waals surface area contributed by atoms with E-state index < -0.39 is 0 Å². The first-order valence-electron chi connectivity index (χ1n) is 5.25. The highest BCUT2D eigenvalue weighted by Crippen LogP contribution is 2.16. The SMILES string of the molecule is CCCCNC(=O)c1ccc(O)c(C=O)c1. The third-order valence-corrected chi connectivity index (χ3v) is 2.23. The molecular weight excluding hydrogens is 206 g/mol. The summed E-state index contributed by atoms with van der Waals surface area (Å²) in [4.78, 5) is 22.2. The topological polar surface area (TPSA) is 66.4 Å². The number of amides is 1. The fourth-order valence-electron chi connectivity index (χ4n) is 1.27. The Morgan fingerprint density at radius 3 is 2.88 bits per heavy atom. The van der Waals surface area contributed by atoms with E-state index in [-0.39, 0.29) is 17.2 Å². The summed E-state index contributed by atoms with van der Waals surface area (Å²) in [5.41, 5.74) is 0.513. The van der Waals surface area contributed by atoms with Gasteiger partial charge in [0, 0.05) is 12.1 Å². The zero-order valence-electron chi connectivity index (χ0n) is 9.19.